The molecule has 1 aromatic heterocycles. The number of carbonyl (C=O) groups is 2. The van der Waals surface area contributed by atoms with Crippen molar-refractivity contribution in [2.75, 3.05) is 6.79 Å². The van der Waals surface area contributed by atoms with Gasteiger partial charge in [-0.1, -0.05) is 29.8 Å². The molecule has 3 aromatic rings. The number of para-hydroxylation sites is 1. The maximum Gasteiger partial charge on any atom is 0.331 e. The molecule has 2 aromatic carbocycles. The molecule has 0 saturated heterocycles. The number of ketones is 1. The molecule has 0 radical (unpaired) electrons. The number of Topliss-reactive ketones (excluding diaryl/α,β-unsaturated/α-hetero) is 1. The molecule has 0 saturated carbocycles. The summed E-state index contributed by atoms with van der Waals surface area (Å²) in [6.45, 7) is 1.66. The first kappa shape index (κ1) is 18.1. The van der Waals surface area contributed by atoms with Crippen LogP contribution in [0.15, 0.2) is 48.7 Å². The Hall–Kier alpha value is -3.25. The minimum absolute atomic E-state index is 0.109. The van der Waals surface area contributed by atoms with Gasteiger partial charge in [0.2, 0.25) is 12.6 Å². The molecular formula is C21H16ClNO5. The second-order valence-corrected chi connectivity index (χ2v) is 6.67. The number of esters is 1. The van der Waals surface area contributed by atoms with E-state index in [0.717, 1.165) is 10.9 Å². The Kier molecular flexibility index (Phi) is 4.79. The number of nitrogens with one attached hydrogen (secondary N) is 1. The van der Waals surface area contributed by atoms with E-state index in [4.69, 9.17) is 25.8 Å². The molecule has 6 nitrogen and oxygen atoms in total. The largest absolute Gasteiger partial charge is 0.454 e. The fraction of sp³-hybridized carbons (Fsp3) is 0.143. The van der Waals surface area contributed by atoms with Gasteiger partial charge in [-0.15, -0.1) is 0 Å². The van der Waals surface area contributed by atoms with Gasteiger partial charge in [-0.3, -0.25) is 4.79 Å². The van der Waals surface area contributed by atoms with Gasteiger partial charge in [0.1, 0.15) is 0 Å². The summed E-state index contributed by atoms with van der Waals surface area (Å²) in [5.74, 6) is 0.0996. The van der Waals surface area contributed by atoms with E-state index in [1.165, 1.54) is 6.08 Å². The van der Waals surface area contributed by atoms with Crippen LogP contribution in [-0.4, -0.2) is 29.6 Å². The van der Waals surface area contributed by atoms with Crippen LogP contribution < -0.4 is 9.47 Å². The number of fused-ring (bicyclic) bond motifs is 2. The number of hydrogen-bond acceptors (Lipinski definition) is 5. The normalized spacial score (nSPS) is 13.8. The highest BCUT2D eigenvalue weighted by molar-refractivity contribution is 6.32. The average molecular weight is 398 g/mol. The number of carbonyl (C=O) groups excluding carboxylic acids is 2. The van der Waals surface area contributed by atoms with Crippen LogP contribution in [0.4, 0.5) is 0 Å². The molecule has 0 unspecified atom stereocenters. The van der Waals surface area contributed by atoms with Crippen molar-refractivity contribution < 1.29 is 23.8 Å². The smallest absolute Gasteiger partial charge is 0.331 e. The van der Waals surface area contributed by atoms with Crippen molar-refractivity contribution >= 4 is 40.3 Å². The van der Waals surface area contributed by atoms with E-state index in [2.05, 4.69) is 4.98 Å². The fourth-order valence-corrected chi connectivity index (χ4v) is 3.28. The minimum Gasteiger partial charge on any atom is -0.454 e. The number of halogens is 1. The summed E-state index contributed by atoms with van der Waals surface area (Å²) in [5.41, 5.74) is 1.99. The molecule has 0 aliphatic carbocycles. The van der Waals surface area contributed by atoms with Crippen molar-refractivity contribution in [3.05, 3.63) is 64.8 Å². The molecule has 7 heteroatoms. The van der Waals surface area contributed by atoms with Gasteiger partial charge in [-0.2, -0.15) is 0 Å². The number of rotatable bonds is 5. The van der Waals surface area contributed by atoms with Crippen LogP contribution in [0.1, 0.15) is 22.8 Å². The first-order chi connectivity index (χ1) is 13.5. The van der Waals surface area contributed by atoms with E-state index in [0.29, 0.717) is 27.6 Å². The van der Waals surface area contributed by atoms with Gasteiger partial charge in [0.05, 0.1) is 5.02 Å². The molecule has 2 heterocycles. The predicted octanol–water partition coefficient (Wildman–Crippen LogP) is 4.38. The number of H-pyrrole nitrogens is 1. The second kappa shape index (κ2) is 7.40. The van der Waals surface area contributed by atoms with E-state index < -0.39 is 12.1 Å². The molecule has 1 N–H and O–H groups in total. The summed E-state index contributed by atoms with van der Waals surface area (Å²) in [4.78, 5) is 27.8. The maximum atomic E-state index is 12.6. The summed E-state index contributed by atoms with van der Waals surface area (Å²) in [5, 5.41) is 1.19. The Morgan fingerprint density at radius 2 is 2.07 bits per heavy atom. The van der Waals surface area contributed by atoms with E-state index in [-0.39, 0.29) is 12.6 Å². The SMILES string of the molecule is C[C@H](OC(=O)/C=C/c1cc(Cl)c2c(c1)OCO2)C(=O)c1c[nH]c2ccccc12. The Labute approximate surface area is 165 Å². The summed E-state index contributed by atoms with van der Waals surface area (Å²) in [6.07, 6.45) is 3.49. The van der Waals surface area contributed by atoms with Crippen molar-refractivity contribution in [2.45, 2.75) is 13.0 Å². The first-order valence-electron chi connectivity index (χ1n) is 8.61. The van der Waals surface area contributed by atoms with E-state index in [1.54, 1.807) is 31.3 Å². The zero-order chi connectivity index (χ0) is 19.7. The van der Waals surface area contributed by atoms with Gasteiger partial charge < -0.3 is 19.2 Å². The van der Waals surface area contributed by atoms with Gasteiger partial charge in [0, 0.05) is 28.7 Å². The lowest BCUT2D eigenvalue weighted by molar-refractivity contribution is -0.140. The molecule has 0 amide bonds. The van der Waals surface area contributed by atoms with Crippen LogP contribution in [0, 0.1) is 0 Å². The maximum absolute atomic E-state index is 12.6. The first-order valence-corrected chi connectivity index (χ1v) is 8.99. The Morgan fingerprint density at radius 3 is 2.93 bits per heavy atom. The molecule has 4 rings (SSSR count). The molecule has 28 heavy (non-hydrogen) atoms. The number of aromatic amines is 1. The van der Waals surface area contributed by atoms with Crippen molar-refractivity contribution in [1.82, 2.24) is 4.98 Å². The van der Waals surface area contributed by atoms with E-state index in [1.807, 2.05) is 24.3 Å². The van der Waals surface area contributed by atoms with Crippen LogP contribution in [0.2, 0.25) is 5.02 Å². The molecule has 142 valence electrons. The van der Waals surface area contributed by atoms with Gasteiger partial charge in [0.25, 0.3) is 0 Å². The number of hydrogen-bond donors (Lipinski definition) is 1. The highest BCUT2D eigenvalue weighted by Gasteiger charge is 2.22. The van der Waals surface area contributed by atoms with Crippen LogP contribution >= 0.6 is 11.6 Å². The number of aromatic nitrogens is 1. The van der Waals surface area contributed by atoms with Gasteiger partial charge in [0.15, 0.2) is 17.6 Å². The Balaban J connectivity index is 1.44. The van der Waals surface area contributed by atoms with Crippen molar-refractivity contribution in [3.63, 3.8) is 0 Å². The quantitative estimate of drug-likeness (QED) is 0.393. The monoisotopic (exact) mass is 397 g/mol. The summed E-state index contributed by atoms with van der Waals surface area (Å²) in [7, 11) is 0. The second-order valence-electron chi connectivity index (χ2n) is 6.26. The predicted molar refractivity (Wildman–Crippen MR) is 105 cm³/mol. The van der Waals surface area contributed by atoms with Crippen LogP contribution in [0.3, 0.4) is 0 Å². The highest BCUT2D eigenvalue weighted by atomic mass is 35.5. The third kappa shape index (κ3) is 3.46. The van der Waals surface area contributed by atoms with E-state index >= 15 is 0 Å². The lowest BCUT2D eigenvalue weighted by Gasteiger charge is -2.10. The summed E-state index contributed by atoms with van der Waals surface area (Å²) < 4.78 is 15.8. The molecule has 0 spiro atoms. The lowest BCUT2D eigenvalue weighted by Crippen LogP contribution is -2.23. The topological polar surface area (TPSA) is 77.6 Å². The zero-order valence-corrected chi connectivity index (χ0v) is 15.7. The minimum atomic E-state index is -0.920. The summed E-state index contributed by atoms with van der Waals surface area (Å²) in [6, 6.07) is 10.8. The van der Waals surface area contributed by atoms with Crippen molar-refractivity contribution in [1.29, 1.82) is 0 Å². The number of ether oxygens (including phenoxy) is 3. The molecule has 1 aliphatic heterocycles. The standard InChI is InChI=1S/C21H16ClNO5/c1-12(20(25)15-10-23-17-5-3-2-4-14(15)17)28-19(24)7-6-13-8-16(22)21-18(9-13)26-11-27-21/h2-10,12,23H,11H2,1H3/b7-6+/t12-/m0/s1. The fourth-order valence-electron chi connectivity index (χ4n) is 3.01. The number of benzene rings is 2. The van der Waals surface area contributed by atoms with Gasteiger partial charge in [-0.05, 0) is 36.8 Å². The van der Waals surface area contributed by atoms with Crippen LogP contribution in [0.5, 0.6) is 11.5 Å². The third-order valence-corrected chi connectivity index (χ3v) is 4.66. The van der Waals surface area contributed by atoms with Crippen molar-refractivity contribution in [3.8, 4) is 11.5 Å². The average Bonchev–Trinajstić information content (AvgIpc) is 3.33. The Morgan fingerprint density at radius 1 is 1.25 bits per heavy atom. The summed E-state index contributed by atoms with van der Waals surface area (Å²) >= 11 is 6.12. The van der Waals surface area contributed by atoms with Crippen molar-refractivity contribution in [2.24, 2.45) is 0 Å². The third-order valence-electron chi connectivity index (χ3n) is 4.38. The van der Waals surface area contributed by atoms with Crippen LogP contribution in [-0.2, 0) is 9.53 Å². The lowest BCUT2D eigenvalue weighted by atomic mass is 10.1. The zero-order valence-electron chi connectivity index (χ0n) is 14.9. The molecular weight excluding hydrogens is 382 g/mol. The van der Waals surface area contributed by atoms with E-state index in [9.17, 15) is 9.59 Å². The molecule has 0 bridgehead atoms. The van der Waals surface area contributed by atoms with Gasteiger partial charge in [-0.25, -0.2) is 4.79 Å². The molecule has 1 aliphatic rings. The van der Waals surface area contributed by atoms with Gasteiger partial charge >= 0.3 is 5.97 Å². The molecule has 1 atom stereocenters. The molecule has 0 fully saturated rings. The highest BCUT2D eigenvalue weighted by Crippen LogP contribution is 2.40. The Bertz CT molecular complexity index is 1100. The van der Waals surface area contributed by atoms with Crippen LogP contribution in [0.25, 0.3) is 17.0 Å².